The first-order valence-electron chi connectivity index (χ1n) is 11.6. The summed E-state index contributed by atoms with van der Waals surface area (Å²) in [5, 5.41) is 4.94. The molecule has 0 N–H and O–H groups in total. The van der Waals surface area contributed by atoms with E-state index in [0.717, 1.165) is 17.7 Å². The third-order valence-electron chi connectivity index (χ3n) is 6.18. The van der Waals surface area contributed by atoms with E-state index in [0.29, 0.717) is 29.4 Å². The Morgan fingerprint density at radius 1 is 1.16 bits per heavy atom. The smallest absolute Gasteiger partial charge is 0.327 e. The van der Waals surface area contributed by atoms with Crippen molar-refractivity contribution in [2.24, 2.45) is 0 Å². The first-order chi connectivity index (χ1) is 17.6. The molecule has 4 rings (SSSR count). The normalized spacial score (nSPS) is 15.4. The van der Waals surface area contributed by atoms with Crippen LogP contribution in [0.3, 0.4) is 0 Å². The number of rotatable bonds is 9. The van der Waals surface area contributed by atoms with Crippen molar-refractivity contribution >= 4 is 39.2 Å². The molecule has 1 aliphatic carbocycles. The number of fused-ring (bicyclic) bond motifs is 1. The van der Waals surface area contributed by atoms with Crippen molar-refractivity contribution in [1.29, 1.82) is 0 Å². The zero-order chi connectivity index (χ0) is 26.7. The minimum Gasteiger partial charge on any atom is -0.493 e. The largest absolute Gasteiger partial charge is 0.493 e. The first-order valence-corrected chi connectivity index (χ1v) is 13.8. The number of halogens is 2. The molecular weight excluding hydrogens is 541 g/mol. The van der Waals surface area contributed by atoms with Crippen molar-refractivity contribution < 1.29 is 27.4 Å². The predicted octanol–water partition coefficient (Wildman–Crippen LogP) is 5.25. The SMILES string of the molecule is CCOC(=O)Cn1ncc2c1CCC[C@H]2N(C)S(=O)(=O)c1ccc(Oc2ccc(Cl)cc2OC)c(Cl)c1. The summed E-state index contributed by atoms with van der Waals surface area (Å²) in [4.78, 5) is 12.0. The van der Waals surface area contributed by atoms with Crippen LogP contribution in [0.4, 0.5) is 0 Å². The highest BCUT2D eigenvalue weighted by molar-refractivity contribution is 7.89. The second kappa shape index (κ2) is 11.3. The van der Waals surface area contributed by atoms with Gasteiger partial charge in [0.2, 0.25) is 10.0 Å². The molecule has 1 aliphatic rings. The standard InChI is InChI=1S/C25H27Cl2N3O6S/c1-4-35-25(31)15-30-21-7-5-6-20(18(21)14-28-30)29(2)37(32,33)17-9-11-22(19(27)13-17)36-23-10-8-16(26)12-24(23)34-3/h8-14,20H,4-7,15H2,1-3H3/t20-/m1/s1. The van der Waals surface area contributed by atoms with Crippen LogP contribution in [0.5, 0.6) is 17.2 Å². The van der Waals surface area contributed by atoms with E-state index in [4.69, 9.17) is 37.4 Å². The summed E-state index contributed by atoms with van der Waals surface area (Å²) >= 11 is 12.4. The predicted molar refractivity (Wildman–Crippen MR) is 139 cm³/mol. The van der Waals surface area contributed by atoms with E-state index in [1.807, 2.05) is 0 Å². The number of esters is 1. The second-order valence-electron chi connectivity index (χ2n) is 8.43. The van der Waals surface area contributed by atoms with Gasteiger partial charge in [0, 0.05) is 29.4 Å². The van der Waals surface area contributed by atoms with Gasteiger partial charge >= 0.3 is 5.97 Å². The summed E-state index contributed by atoms with van der Waals surface area (Å²) in [6.07, 6.45) is 3.71. The van der Waals surface area contributed by atoms with Gasteiger partial charge in [0.05, 0.1) is 35.9 Å². The van der Waals surface area contributed by atoms with Gasteiger partial charge in [0.1, 0.15) is 12.3 Å². The Bertz CT molecular complexity index is 1410. The molecule has 9 nitrogen and oxygen atoms in total. The van der Waals surface area contributed by atoms with Crippen LogP contribution in [0.25, 0.3) is 0 Å². The maximum absolute atomic E-state index is 13.6. The topological polar surface area (TPSA) is 100.0 Å². The molecule has 0 saturated carbocycles. The second-order valence-corrected chi connectivity index (χ2v) is 11.3. The van der Waals surface area contributed by atoms with E-state index in [1.54, 1.807) is 36.0 Å². The Morgan fingerprint density at radius 3 is 2.62 bits per heavy atom. The van der Waals surface area contributed by atoms with Gasteiger partial charge in [0.25, 0.3) is 0 Å². The van der Waals surface area contributed by atoms with E-state index in [1.165, 1.54) is 36.7 Å². The van der Waals surface area contributed by atoms with Crippen molar-refractivity contribution in [2.75, 3.05) is 20.8 Å². The Hall–Kier alpha value is -2.79. The highest BCUT2D eigenvalue weighted by Gasteiger charge is 2.34. The van der Waals surface area contributed by atoms with Gasteiger partial charge in [-0.3, -0.25) is 9.48 Å². The molecule has 0 saturated heterocycles. The third-order valence-corrected chi connectivity index (χ3v) is 8.57. The van der Waals surface area contributed by atoms with Crippen LogP contribution in [0.1, 0.15) is 37.1 Å². The number of ether oxygens (including phenoxy) is 3. The average Bonchev–Trinajstić information content (AvgIpc) is 3.28. The van der Waals surface area contributed by atoms with Gasteiger partial charge in [-0.15, -0.1) is 0 Å². The summed E-state index contributed by atoms with van der Waals surface area (Å²) in [5.41, 5.74) is 1.62. The number of methoxy groups -OCH3 is 1. The fourth-order valence-electron chi connectivity index (χ4n) is 4.34. The van der Waals surface area contributed by atoms with Gasteiger partial charge in [0.15, 0.2) is 11.5 Å². The average molecular weight is 568 g/mol. The lowest BCUT2D eigenvalue weighted by Gasteiger charge is -2.31. The number of sulfonamides is 1. The number of hydrogen-bond acceptors (Lipinski definition) is 7. The van der Waals surface area contributed by atoms with Crippen molar-refractivity contribution in [3.8, 4) is 17.2 Å². The molecule has 2 aromatic carbocycles. The number of benzene rings is 2. The molecule has 0 bridgehead atoms. The van der Waals surface area contributed by atoms with Gasteiger partial charge < -0.3 is 14.2 Å². The molecule has 0 fully saturated rings. The van der Waals surface area contributed by atoms with Crippen LogP contribution >= 0.6 is 23.2 Å². The molecule has 1 atom stereocenters. The molecule has 3 aromatic rings. The lowest BCUT2D eigenvalue weighted by Crippen LogP contribution is -2.33. The van der Waals surface area contributed by atoms with Crippen LogP contribution in [0.2, 0.25) is 10.0 Å². The van der Waals surface area contributed by atoms with Gasteiger partial charge in [-0.25, -0.2) is 8.42 Å². The van der Waals surface area contributed by atoms with Crippen LogP contribution < -0.4 is 9.47 Å². The quantitative estimate of drug-likeness (QED) is 0.325. The third kappa shape index (κ3) is 5.72. The number of aromatic nitrogens is 2. The summed E-state index contributed by atoms with van der Waals surface area (Å²) in [5.74, 6) is 0.682. The van der Waals surface area contributed by atoms with Crippen LogP contribution in [-0.2, 0) is 32.5 Å². The Balaban J connectivity index is 1.57. The van der Waals surface area contributed by atoms with Crippen molar-refractivity contribution in [2.45, 2.75) is 43.7 Å². The molecule has 0 unspecified atom stereocenters. The lowest BCUT2D eigenvalue weighted by atomic mass is 9.93. The lowest BCUT2D eigenvalue weighted by molar-refractivity contribution is -0.144. The summed E-state index contributed by atoms with van der Waals surface area (Å²) in [7, 11) is -0.886. The van der Waals surface area contributed by atoms with Crippen LogP contribution in [0.15, 0.2) is 47.5 Å². The van der Waals surface area contributed by atoms with E-state index in [9.17, 15) is 13.2 Å². The number of carbonyl (C=O) groups is 1. The fraction of sp³-hybridized carbons (Fsp3) is 0.360. The fourth-order valence-corrected chi connectivity index (χ4v) is 6.18. The summed E-state index contributed by atoms with van der Waals surface area (Å²) in [6.45, 7) is 2.01. The number of hydrogen-bond donors (Lipinski definition) is 0. The Morgan fingerprint density at radius 2 is 1.92 bits per heavy atom. The summed E-state index contributed by atoms with van der Waals surface area (Å²) in [6, 6.07) is 8.76. The van der Waals surface area contributed by atoms with Crippen molar-refractivity contribution in [3.05, 3.63) is 63.9 Å². The summed E-state index contributed by atoms with van der Waals surface area (Å²) < 4.78 is 46.2. The van der Waals surface area contributed by atoms with Gasteiger partial charge in [-0.2, -0.15) is 9.40 Å². The van der Waals surface area contributed by atoms with E-state index in [-0.39, 0.29) is 34.8 Å². The zero-order valence-corrected chi connectivity index (χ0v) is 22.9. The Kier molecular flexibility index (Phi) is 8.33. The molecule has 0 radical (unpaired) electrons. The number of carbonyl (C=O) groups excluding carboxylic acids is 1. The Labute approximate surface area is 225 Å². The molecule has 198 valence electrons. The van der Waals surface area contributed by atoms with Crippen molar-refractivity contribution in [3.63, 3.8) is 0 Å². The number of nitrogens with zero attached hydrogens (tertiary/aromatic N) is 3. The van der Waals surface area contributed by atoms with Crippen molar-refractivity contribution in [1.82, 2.24) is 14.1 Å². The van der Waals surface area contributed by atoms with Crippen LogP contribution in [-0.4, -0.2) is 49.2 Å². The molecule has 0 aliphatic heterocycles. The molecule has 1 aromatic heterocycles. The highest BCUT2D eigenvalue weighted by Crippen LogP contribution is 2.40. The molecule has 37 heavy (non-hydrogen) atoms. The van der Waals surface area contributed by atoms with Gasteiger partial charge in [-0.1, -0.05) is 23.2 Å². The van der Waals surface area contributed by atoms with Gasteiger partial charge in [-0.05, 0) is 56.5 Å². The van der Waals surface area contributed by atoms with Crippen LogP contribution in [0, 0.1) is 0 Å². The first kappa shape index (κ1) is 27.3. The van der Waals surface area contributed by atoms with E-state index in [2.05, 4.69) is 5.10 Å². The minimum absolute atomic E-state index is 0.0121. The van der Waals surface area contributed by atoms with E-state index >= 15 is 0 Å². The monoisotopic (exact) mass is 567 g/mol. The zero-order valence-electron chi connectivity index (χ0n) is 20.6. The highest BCUT2D eigenvalue weighted by atomic mass is 35.5. The molecular formula is C25H27Cl2N3O6S. The molecule has 1 heterocycles. The molecule has 12 heteroatoms. The van der Waals surface area contributed by atoms with E-state index < -0.39 is 16.1 Å². The maximum atomic E-state index is 13.6. The molecule has 0 spiro atoms. The maximum Gasteiger partial charge on any atom is 0.327 e. The molecule has 0 amide bonds. The minimum atomic E-state index is -3.91.